The van der Waals surface area contributed by atoms with Crippen LogP contribution in [-0.4, -0.2) is 11.1 Å². The van der Waals surface area contributed by atoms with Crippen LogP contribution in [0.15, 0.2) is 107 Å². The Morgan fingerprint density at radius 3 is 2.19 bits per heavy atom. The van der Waals surface area contributed by atoms with Gasteiger partial charge in [-0.2, -0.15) is 0 Å². The molecule has 0 saturated carbocycles. The first-order chi connectivity index (χ1) is 18.0. The highest BCUT2D eigenvalue weighted by atomic mass is 35.5. The van der Waals surface area contributed by atoms with Crippen LogP contribution in [0.5, 0.6) is 5.75 Å². The number of hydrogen-bond donors (Lipinski definition) is 0. The van der Waals surface area contributed by atoms with Gasteiger partial charge in [-0.25, -0.2) is 4.99 Å². The zero-order valence-electron chi connectivity index (χ0n) is 19.3. The molecule has 0 aromatic heterocycles. The van der Waals surface area contributed by atoms with Crippen LogP contribution >= 0.6 is 46.6 Å². The highest BCUT2D eigenvalue weighted by Crippen LogP contribution is 2.40. The molecular formula is C29H19Cl3N2O2S. The summed E-state index contributed by atoms with van der Waals surface area (Å²) in [5.41, 5.74) is 3.06. The van der Waals surface area contributed by atoms with Crippen LogP contribution < -0.4 is 9.64 Å². The van der Waals surface area contributed by atoms with Crippen LogP contribution in [-0.2, 0) is 11.4 Å². The summed E-state index contributed by atoms with van der Waals surface area (Å²) in [4.78, 5) is 20.3. The Bertz CT molecular complexity index is 1490. The normalized spacial score (nSPS) is 15.5. The first-order valence-corrected chi connectivity index (χ1v) is 13.2. The summed E-state index contributed by atoms with van der Waals surface area (Å²) in [7, 11) is 0. The molecule has 0 N–H and O–H groups in total. The van der Waals surface area contributed by atoms with Crippen molar-refractivity contribution in [2.45, 2.75) is 6.61 Å². The molecule has 37 heavy (non-hydrogen) atoms. The Labute approximate surface area is 234 Å². The molecule has 4 nitrogen and oxygen atoms in total. The predicted octanol–water partition coefficient (Wildman–Crippen LogP) is 9.03. The summed E-state index contributed by atoms with van der Waals surface area (Å²) in [6, 6.07) is 29.8. The predicted molar refractivity (Wildman–Crippen MR) is 155 cm³/mol. The molecule has 0 atom stereocenters. The summed E-state index contributed by atoms with van der Waals surface area (Å²) in [5, 5.41) is 1.87. The Morgan fingerprint density at radius 1 is 0.838 bits per heavy atom. The van der Waals surface area contributed by atoms with Gasteiger partial charge in [0.05, 0.1) is 26.3 Å². The number of hydrogen-bond acceptors (Lipinski definition) is 4. The van der Waals surface area contributed by atoms with E-state index in [1.807, 2.05) is 78.9 Å². The van der Waals surface area contributed by atoms with Gasteiger partial charge in [0.1, 0.15) is 6.61 Å². The van der Waals surface area contributed by atoms with Crippen LogP contribution in [0.1, 0.15) is 11.1 Å². The Kier molecular flexibility index (Phi) is 7.87. The van der Waals surface area contributed by atoms with E-state index in [4.69, 9.17) is 44.5 Å². The Hall–Kier alpha value is -3.22. The van der Waals surface area contributed by atoms with Crippen molar-refractivity contribution in [3.63, 3.8) is 0 Å². The first-order valence-electron chi connectivity index (χ1n) is 11.3. The van der Waals surface area contributed by atoms with E-state index in [1.54, 1.807) is 29.2 Å². The molecule has 4 aromatic carbocycles. The number of thioether (sulfide) groups is 1. The van der Waals surface area contributed by atoms with Crippen LogP contribution in [0.25, 0.3) is 6.08 Å². The summed E-state index contributed by atoms with van der Waals surface area (Å²) in [5.74, 6) is 0.188. The van der Waals surface area contributed by atoms with E-state index in [2.05, 4.69) is 0 Å². The fourth-order valence-electron chi connectivity index (χ4n) is 3.70. The largest absolute Gasteiger partial charge is 0.486 e. The van der Waals surface area contributed by atoms with Crippen molar-refractivity contribution in [3.05, 3.63) is 128 Å². The molecule has 1 saturated heterocycles. The monoisotopic (exact) mass is 564 g/mol. The van der Waals surface area contributed by atoms with Gasteiger partial charge >= 0.3 is 0 Å². The third kappa shape index (κ3) is 6.03. The van der Waals surface area contributed by atoms with E-state index in [-0.39, 0.29) is 12.5 Å². The van der Waals surface area contributed by atoms with E-state index in [0.29, 0.717) is 36.5 Å². The van der Waals surface area contributed by atoms with E-state index in [9.17, 15) is 4.79 Å². The molecule has 8 heteroatoms. The van der Waals surface area contributed by atoms with Crippen molar-refractivity contribution < 1.29 is 9.53 Å². The summed E-state index contributed by atoms with van der Waals surface area (Å²) in [6.07, 6.45) is 1.76. The third-order valence-electron chi connectivity index (χ3n) is 5.39. The zero-order chi connectivity index (χ0) is 25.8. The maximum atomic E-state index is 13.5. The number of ether oxygens (including phenoxy) is 1. The maximum absolute atomic E-state index is 13.5. The van der Waals surface area contributed by atoms with Gasteiger partial charge in [-0.05, 0) is 77.5 Å². The highest BCUT2D eigenvalue weighted by Gasteiger charge is 2.34. The molecule has 1 amide bonds. The third-order valence-corrected chi connectivity index (χ3v) is 7.16. The van der Waals surface area contributed by atoms with Crippen LogP contribution in [0.4, 0.5) is 11.4 Å². The standard InChI is InChI=1S/C29H19Cl3N2O2S/c30-21-9-7-8-19(14-21)18-36-27-24(31)15-20(16-25(27)32)17-26-28(35)34(23-12-5-2-6-13-23)29(37-26)33-22-10-3-1-4-11-22/h1-17H,18H2/b26-17+,33-29?. The van der Waals surface area contributed by atoms with Gasteiger partial charge < -0.3 is 4.74 Å². The van der Waals surface area contributed by atoms with Crippen molar-refractivity contribution >= 4 is 75.1 Å². The average Bonchev–Trinajstić information content (AvgIpc) is 3.18. The molecule has 0 spiro atoms. The summed E-state index contributed by atoms with van der Waals surface area (Å²) in [6.45, 7) is 0.264. The number of nitrogens with zero attached hydrogens (tertiary/aromatic N) is 2. The Morgan fingerprint density at radius 2 is 1.51 bits per heavy atom. The molecule has 0 aliphatic carbocycles. The number of benzene rings is 4. The SMILES string of the molecule is O=C1/C(=C\c2cc(Cl)c(OCc3cccc(Cl)c3)c(Cl)c2)SC(=Nc2ccccc2)N1c1ccccc1. The lowest BCUT2D eigenvalue weighted by atomic mass is 10.2. The number of amidine groups is 1. The highest BCUT2D eigenvalue weighted by molar-refractivity contribution is 8.19. The number of carbonyl (C=O) groups is 1. The molecular weight excluding hydrogens is 547 g/mol. The smallest absolute Gasteiger partial charge is 0.271 e. The lowest BCUT2D eigenvalue weighted by molar-refractivity contribution is -0.113. The van der Waals surface area contributed by atoms with Crippen molar-refractivity contribution in [2.75, 3.05) is 4.90 Å². The zero-order valence-corrected chi connectivity index (χ0v) is 22.4. The molecule has 0 bridgehead atoms. The van der Waals surface area contributed by atoms with Crippen LogP contribution in [0.2, 0.25) is 15.1 Å². The number of rotatable bonds is 6. The van der Waals surface area contributed by atoms with Crippen LogP contribution in [0, 0.1) is 0 Å². The molecule has 0 unspecified atom stereocenters. The van der Waals surface area contributed by atoms with Gasteiger partial charge in [0.25, 0.3) is 5.91 Å². The van der Waals surface area contributed by atoms with E-state index >= 15 is 0 Å². The van der Waals surface area contributed by atoms with Gasteiger partial charge in [-0.15, -0.1) is 0 Å². The van der Waals surface area contributed by atoms with E-state index in [1.165, 1.54) is 11.8 Å². The quantitative estimate of drug-likeness (QED) is 0.219. The van der Waals surface area contributed by atoms with E-state index < -0.39 is 0 Å². The van der Waals surface area contributed by atoms with Gasteiger partial charge in [0.15, 0.2) is 10.9 Å². The van der Waals surface area contributed by atoms with Crippen molar-refractivity contribution in [2.24, 2.45) is 4.99 Å². The van der Waals surface area contributed by atoms with Gasteiger partial charge in [-0.3, -0.25) is 9.69 Å². The van der Waals surface area contributed by atoms with Crippen molar-refractivity contribution in [1.29, 1.82) is 0 Å². The van der Waals surface area contributed by atoms with Crippen molar-refractivity contribution in [3.8, 4) is 5.75 Å². The fourth-order valence-corrected chi connectivity index (χ4v) is 5.53. The molecule has 0 radical (unpaired) electrons. The van der Waals surface area contributed by atoms with Gasteiger partial charge in [0.2, 0.25) is 0 Å². The van der Waals surface area contributed by atoms with E-state index in [0.717, 1.165) is 16.9 Å². The molecule has 5 rings (SSSR count). The van der Waals surface area contributed by atoms with Gasteiger partial charge in [-0.1, -0.05) is 83.3 Å². The topological polar surface area (TPSA) is 41.9 Å². The minimum Gasteiger partial charge on any atom is -0.486 e. The molecule has 1 heterocycles. The molecule has 1 aliphatic rings. The number of anilines is 1. The number of para-hydroxylation sites is 2. The number of aliphatic imine (C=N–C) groups is 1. The minimum atomic E-state index is -0.181. The second-order valence-electron chi connectivity index (χ2n) is 8.05. The second-order valence-corrected chi connectivity index (χ2v) is 10.3. The minimum absolute atomic E-state index is 0.181. The average molecular weight is 566 g/mol. The molecule has 1 aliphatic heterocycles. The lowest BCUT2D eigenvalue weighted by Gasteiger charge is -2.15. The Balaban J connectivity index is 1.44. The summed E-state index contributed by atoms with van der Waals surface area (Å²) >= 11 is 20.4. The number of halogens is 3. The van der Waals surface area contributed by atoms with Crippen LogP contribution in [0.3, 0.4) is 0 Å². The maximum Gasteiger partial charge on any atom is 0.271 e. The van der Waals surface area contributed by atoms with Gasteiger partial charge in [0, 0.05) is 5.02 Å². The lowest BCUT2D eigenvalue weighted by Crippen LogP contribution is -2.28. The molecule has 184 valence electrons. The number of amides is 1. The fraction of sp³-hybridized carbons (Fsp3) is 0.0345. The first kappa shape index (κ1) is 25.4. The molecule has 4 aromatic rings. The van der Waals surface area contributed by atoms with Crippen molar-refractivity contribution in [1.82, 2.24) is 0 Å². The number of carbonyl (C=O) groups excluding carboxylic acids is 1. The summed E-state index contributed by atoms with van der Waals surface area (Å²) < 4.78 is 5.87. The molecule has 1 fully saturated rings. The second kappa shape index (κ2) is 11.4.